The molecule has 0 spiro atoms. The molecule has 0 N–H and O–H groups in total. The van der Waals surface area contributed by atoms with Crippen molar-refractivity contribution in [3.8, 4) is 0 Å². The van der Waals surface area contributed by atoms with E-state index >= 15 is 0 Å². The molecule has 0 radical (unpaired) electrons. The van der Waals surface area contributed by atoms with Crippen molar-refractivity contribution in [2.45, 2.75) is 4.90 Å². The second-order valence-electron chi connectivity index (χ2n) is 2.45. The second kappa shape index (κ2) is 2.68. The molecule has 13 heavy (non-hydrogen) atoms. The summed E-state index contributed by atoms with van der Waals surface area (Å²) in [7, 11) is -5.74. The van der Waals surface area contributed by atoms with Crippen molar-refractivity contribution in [3.63, 3.8) is 0 Å². The summed E-state index contributed by atoms with van der Waals surface area (Å²) in [6.45, 7) is 0. The van der Waals surface area contributed by atoms with Crippen LogP contribution in [0.1, 0.15) is 0 Å². The lowest BCUT2D eigenvalue weighted by atomic mass is 10.3. The maximum Gasteiger partial charge on any atom is 0.278 e. The first-order chi connectivity index (χ1) is 6.14. The highest BCUT2D eigenvalue weighted by Crippen LogP contribution is 2.29. The van der Waals surface area contributed by atoms with E-state index in [4.69, 9.17) is 0 Å². The number of benzene rings is 1. The van der Waals surface area contributed by atoms with Crippen LogP contribution in [0.3, 0.4) is 0 Å². The van der Waals surface area contributed by atoms with E-state index in [9.17, 15) is 12.6 Å². The smallest absolute Gasteiger partial charge is 0.245 e. The van der Waals surface area contributed by atoms with E-state index in [0.29, 0.717) is 5.69 Å². The zero-order valence-electron chi connectivity index (χ0n) is 6.38. The van der Waals surface area contributed by atoms with Crippen molar-refractivity contribution in [1.29, 1.82) is 0 Å². The van der Waals surface area contributed by atoms with Crippen molar-refractivity contribution < 1.29 is 12.6 Å². The van der Waals surface area contributed by atoms with Gasteiger partial charge in [-0.15, -0.1) is 0 Å². The molecule has 0 aliphatic carbocycles. The minimum Gasteiger partial charge on any atom is -0.245 e. The molecule has 0 aromatic heterocycles. The van der Waals surface area contributed by atoms with Crippen LogP contribution in [-0.4, -0.2) is 18.2 Å². The van der Waals surface area contributed by atoms with Crippen molar-refractivity contribution in [3.05, 3.63) is 24.3 Å². The molecule has 4 nitrogen and oxygen atoms in total. The molecule has 1 aromatic carbocycles. The van der Waals surface area contributed by atoms with Crippen molar-refractivity contribution >= 4 is 29.0 Å². The van der Waals surface area contributed by atoms with Gasteiger partial charge < -0.3 is 0 Å². The van der Waals surface area contributed by atoms with Crippen LogP contribution in [0.25, 0.3) is 0 Å². The fraction of sp³-hybridized carbons (Fsp3) is 0. The summed E-state index contributed by atoms with van der Waals surface area (Å²) >= 11 is 0. The van der Waals surface area contributed by atoms with Gasteiger partial charge in [-0.1, -0.05) is 12.1 Å². The van der Waals surface area contributed by atoms with Crippen LogP contribution in [0.2, 0.25) is 0 Å². The molecule has 1 aliphatic rings. The van der Waals surface area contributed by atoms with Gasteiger partial charge in [-0.2, -0.15) is 8.42 Å². The third-order valence-electron chi connectivity index (χ3n) is 1.70. The van der Waals surface area contributed by atoms with Crippen molar-refractivity contribution in [2.24, 2.45) is 4.99 Å². The lowest BCUT2D eigenvalue weighted by Crippen LogP contribution is -1.97. The summed E-state index contributed by atoms with van der Waals surface area (Å²) in [5, 5.41) is 0. The summed E-state index contributed by atoms with van der Waals surface area (Å²) in [6.07, 6.45) is 0. The van der Waals surface area contributed by atoms with Crippen LogP contribution < -0.4 is 0 Å². The zero-order valence-corrected chi connectivity index (χ0v) is 8.01. The van der Waals surface area contributed by atoms with Gasteiger partial charge in [0.05, 0.1) is 10.6 Å². The first kappa shape index (κ1) is 8.46. The highest BCUT2D eigenvalue weighted by Gasteiger charge is 2.21. The van der Waals surface area contributed by atoms with Gasteiger partial charge in [0.2, 0.25) is 0 Å². The lowest BCUT2D eigenvalue weighted by Gasteiger charge is -1.94. The Labute approximate surface area is 76.1 Å². The van der Waals surface area contributed by atoms with E-state index in [-0.39, 0.29) is 4.90 Å². The van der Waals surface area contributed by atoms with Crippen LogP contribution in [0, 0.1) is 0 Å². The molecule has 1 heterocycles. The maximum absolute atomic E-state index is 11.7. The molecule has 1 unspecified atom stereocenters. The van der Waals surface area contributed by atoms with Gasteiger partial charge in [-0.3, -0.25) is 0 Å². The van der Waals surface area contributed by atoms with E-state index in [1.807, 2.05) is 0 Å². The van der Waals surface area contributed by atoms with Crippen molar-refractivity contribution in [2.75, 3.05) is 0 Å². The molecular formula is C7H5NO3S2. The van der Waals surface area contributed by atoms with E-state index in [0.717, 1.165) is 5.55 Å². The molecule has 0 amide bonds. The van der Waals surface area contributed by atoms with Gasteiger partial charge in [-0.05, 0) is 12.1 Å². The largest absolute Gasteiger partial charge is 0.278 e. The Bertz CT molecular complexity index is 598. The summed E-state index contributed by atoms with van der Waals surface area (Å²) in [5.74, 6) is 0. The Kier molecular flexibility index (Phi) is 1.74. The normalized spacial score (nSPS) is 24.3. The number of hydrogen-bond acceptors (Lipinski definition) is 4. The van der Waals surface area contributed by atoms with Gasteiger partial charge in [0, 0.05) is 0 Å². The minimum atomic E-state index is -3.10. The average molecular weight is 215 g/mol. The summed E-state index contributed by atoms with van der Waals surface area (Å²) in [6, 6.07) is 6.50. The van der Waals surface area contributed by atoms with Crippen LogP contribution in [0.5, 0.6) is 0 Å². The molecule has 0 fully saturated rings. The van der Waals surface area contributed by atoms with E-state index < -0.39 is 17.8 Å². The van der Waals surface area contributed by atoms with Gasteiger partial charge >= 0.3 is 0 Å². The quantitative estimate of drug-likeness (QED) is 0.643. The first-order valence-electron chi connectivity index (χ1n) is 3.42. The van der Waals surface area contributed by atoms with Crippen LogP contribution in [-0.2, 0) is 17.8 Å². The Morgan fingerprint density at radius 3 is 2.62 bits per heavy atom. The predicted molar refractivity (Wildman–Crippen MR) is 49.9 cm³/mol. The van der Waals surface area contributed by atoms with Crippen molar-refractivity contribution in [1.82, 2.24) is 0 Å². The summed E-state index contributed by atoms with van der Waals surface area (Å²) in [4.78, 5) is 4.06. The highest BCUT2D eigenvalue weighted by atomic mass is 32.9. The van der Waals surface area contributed by atoms with Gasteiger partial charge in [-0.25, -0.2) is 9.20 Å². The predicted octanol–water partition coefficient (Wildman–Crippen LogP) is 0.797. The minimum absolute atomic E-state index is 0.281. The molecule has 1 atom stereocenters. The molecule has 0 saturated heterocycles. The molecule has 1 aliphatic heterocycles. The van der Waals surface area contributed by atoms with Gasteiger partial charge in [0.15, 0.2) is 0 Å². The van der Waals surface area contributed by atoms with Crippen LogP contribution in [0.4, 0.5) is 5.69 Å². The number of aliphatic imine (C=N–C) groups is 1. The van der Waals surface area contributed by atoms with E-state index in [2.05, 4.69) is 4.99 Å². The first-order valence-corrected chi connectivity index (χ1v) is 6.63. The average Bonchev–Trinajstić information content (AvgIpc) is 2.47. The molecule has 0 saturated carbocycles. The molecule has 2 rings (SSSR count). The van der Waals surface area contributed by atoms with Gasteiger partial charge in [0.1, 0.15) is 14.0 Å². The molecule has 68 valence electrons. The topological polar surface area (TPSA) is 63.6 Å². The van der Waals surface area contributed by atoms with E-state index in [1.54, 1.807) is 18.2 Å². The number of rotatable bonds is 0. The fourth-order valence-corrected chi connectivity index (χ4v) is 3.56. The number of nitrogens with zero attached hydrogens (tertiary/aromatic N) is 1. The SMILES string of the molecule is O=S(=O)=S1(=O)C=Nc2ccccc21. The third kappa shape index (κ3) is 1.10. The Hall–Kier alpha value is -1.14. The summed E-state index contributed by atoms with van der Waals surface area (Å²) < 4.78 is 33.2. The Morgan fingerprint density at radius 2 is 1.92 bits per heavy atom. The number of hydrogen-bond donors (Lipinski definition) is 0. The fourth-order valence-electron chi connectivity index (χ4n) is 1.10. The Morgan fingerprint density at radius 1 is 1.23 bits per heavy atom. The lowest BCUT2D eigenvalue weighted by molar-refractivity contribution is 0.625. The molecule has 1 aromatic rings. The molecular weight excluding hydrogens is 210 g/mol. The van der Waals surface area contributed by atoms with Gasteiger partial charge in [0.25, 0.3) is 9.26 Å². The van der Waals surface area contributed by atoms with Crippen LogP contribution in [0.15, 0.2) is 34.2 Å². The molecule has 6 heteroatoms. The summed E-state index contributed by atoms with van der Waals surface area (Å²) in [5.41, 5.74) is 1.47. The van der Waals surface area contributed by atoms with E-state index in [1.165, 1.54) is 6.07 Å². The zero-order chi connectivity index (χ0) is 9.47. The maximum atomic E-state index is 11.7. The monoisotopic (exact) mass is 215 g/mol. The number of para-hydroxylation sites is 1. The number of fused-ring (bicyclic) bond motifs is 1. The van der Waals surface area contributed by atoms with Crippen LogP contribution >= 0.6 is 0 Å². The third-order valence-corrected chi connectivity index (χ3v) is 5.46. The molecule has 0 bridgehead atoms. The Balaban J connectivity index is 3.02. The highest BCUT2D eigenvalue weighted by molar-refractivity contribution is 8.44. The second-order valence-corrected chi connectivity index (χ2v) is 6.90. The standard InChI is InChI=1S/C7H5NO3S2/c9-12(10)13(11)5-8-6-3-1-2-4-7(6)13/h1-5H.